The molecule has 488 valence electrons. The maximum atomic E-state index is 14.4. The van der Waals surface area contributed by atoms with Gasteiger partial charge in [0.05, 0.1) is 19.3 Å². The number of nitrogens with zero attached hydrogens (tertiary/aromatic N) is 1. The molecule has 0 spiro atoms. The first-order valence-electron chi connectivity index (χ1n) is 29.5. The summed E-state index contributed by atoms with van der Waals surface area (Å²) in [5, 5.41) is 49.1. The van der Waals surface area contributed by atoms with Gasteiger partial charge in [0.15, 0.2) is 5.96 Å². The average molecular weight is 1230 g/mol. The van der Waals surface area contributed by atoms with E-state index in [1.165, 1.54) is 13.8 Å². The lowest BCUT2D eigenvalue weighted by atomic mass is 9.94. The van der Waals surface area contributed by atoms with Crippen molar-refractivity contribution in [1.29, 1.82) is 0 Å². The van der Waals surface area contributed by atoms with Crippen molar-refractivity contribution >= 4 is 76.9 Å². The minimum atomic E-state index is -1.83. The van der Waals surface area contributed by atoms with Crippen LogP contribution in [0, 0.1) is 23.7 Å². The van der Waals surface area contributed by atoms with Crippen molar-refractivity contribution < 1.29 is 72.5 Å². The van der Waals surface area contributed by atoms with E-state index in [9.17, 15) is 67.7 Å². The van der Waals surface area contributed by atoms with E-state index in [2.05, 4.69) is 63.5 Å². The third-order valence-electron chi connectivity index (χ3n) is 15.5. The summed E-state index contributed by atoms with van der Waals surface area (Å²) in [5.41, 5.74) is 17.2. The Morgan fingerprint density at radius 2 is 1.07 bits per heavy atom. The molecule has 0 aromatic heterocycles. The van der Waals surface area contributed by atoms with Crippen LogP contribution in [0.5, 0.6) is 0 Å². The molecular weight excluding hydrogens is 1130 g/mol. The SMILES string of the molecule is CC[C@H](C)[C@H](NC(=O)[C@@H](Cc1ccccc1)NC)C(=O)N[C@@H](CO)C(=O)N[C@H](CCC(N)=O)C(=O)N[C@@H](C(=O)N[C@H](C(=O)N[C@@H](CO)C(=O)N[C@H]1C(=O)N[C@@H](C)C(=O)N[C@@H](CCN=C(N)N)C(=O)N[C@@H]([C@@H](C)CC)C(=O)O[C@H]1C)[C@@H](C)CC)[C@@H](C)CC. The summed E-state index contributed by atoms with van der Waals surface area (Å²) >= 11 is 0. The van der Waals surface area contributed by atoms with Gasteiger partial charge in [0.1, 0.15) is 66.5 Å². The monoisotopic (exact) mass is 1230 g/mol. The molecule has 16 atom stereocenters. The van der Waals surface area contributed by atoms with E-state index in [1.807, 2.05) is 30.3 Å². The Morgan fingerprint density at radius 1 is 0.598 bits per heavy atom. The number of aliphatic imine (C=N–C) groups is 1. The fraction of sp³-hybridized carbons (Fsp3) is 0.667. The van der Waals surface area contributed by atoms with Crippen LogP contribution in [0.3, 0.4) is 0 Å². The van der Waals surface area contributed by atoms with Gasteiger partial charge in [0.2, 0.25) is 65.0 Å². The first-order valence-corrected chi connectivity index (χ1v) is 29.5. The highest BCUT2D eigenvalue weighted by Crippen LogP contribution is 2.17. The fourth-order valence-corrected chi connectivity index (χ4v) is 8.93. The predicted molar refractivity (Wildman–Crippen MR) is 319 cm³/mol. The fourth-order valence-electron chi connectivity index (χ4n) is 8.93. The highest BCUT2D eigenvalue weighted by molar-refractivity contribution is 5.99. The summed E-state index contributed by atoms with van der Waals surface area (Å²) in [5.74, 6) is -13.7. The maximum Gasteiger partial charge on any atom is 0.329 e. The quantitative estimate of drug-likeness (QED) is 0.0180. The zero-order chi connectivity index (χ0) is 65.8. The summed E-state index contributed by atoms with van der Waals surface area (Å²) in [6, 6.07) is -6.51. The van der Waals surface area contributed by atoms with Gasteiger partial charge in [-0.05, 0) is 69.4 Å². The molecule has 1 aromatic rings. The Morgan fingerprint density at radius 3 is 1.54 bits per heavy atom. The number of ether oxygens (including phenoxy) is 1. The van der Waals surface area contributed by atoms with Crippen molar-refractivity contribution in [2.24, 2.45) is 45.9 Å². The molecule has 1 heterocycles. The predicted octanol–water partition coefficient (Wildman–Crippen LogP) is -4.27. The van der Waals surface area contributed by atoms with Crippen LogP contribution in [-0.2, 0) is 68.7 Å². The molecule has 0 radical (unpaired) electrons. The van der Waals surface area contributed by atoms with Crippen LogP contribution < -0.4 is 75.7 Å². The van der Waals surface area contributed by atoms with Crippen LogP contribution >= 0.6 is 0 Å². The maximum absolute atomic E-state index is 14.4. The van der Waals surface area contributed by atoms with E-state index >= 15 is 0 Å². The summed E-state index contributed by atoms with van der Waals surface area (Å²) in [6.45, 7) is 13.9. The van der Waals surface area contributed by atoms with Gasteiger partial charge in [-0.25, -0.2) is 4.79 Å². The number of cyclic esters (lactones) is 1. The zero-order valence-corrected chi connectivity index (χ0v) is 51.8. The number of carbonyl (C=O) groups excluding carboxylic acids is 12. The second kappa shape index (κ2) is 37.5. The minimum absolute atomic E-state index is 0.0992. The molecule has 0 bridgehead atoms. The summed E-state index contributed by atoms with van der Waals surface area (Å²) < 4.78 is 5.68. The number of hydrogen-bond acceptors (Lipinski definition) is 17. The van der Waals surface area contributed by atoms with E-state index in [0.717, 1.165) is 5.56 Å². The molecule has 30 nitrogen and oxygen atoms in total. The second-order valence-corrected chi connectivity index (χ2v) is 22.1. The van der Waals surface area contributed by atoms with E-state index < -0.39 is 193 Å². The normalized spacial score (nSPS) is 21.1. The van der Waals surface area contributed by atoms with Gasteiger partial charge in [-0.3, -0.25) is 57.7 Å². The molecule has 19 N–H and O–H groups in total. The molecule has 30 heteroatoms. The molecule has 0 saturated carbocycles. The number of primary amides is 1. The van der Waals surface area contributed by atoms with Crippen LogP contribution in [-0.4, -0.2) is 186 Å². The molecule has 1 aliphatic rings. The number of aliphatic hydroxyl groups excluding tert-OH is 2. The van der Waals surface area contributed by atoms with Gasteiger partial charge in [0.25, 0.3) is 0 Å². The number of aliphatic hydroxyl groups is 2. The Kier molecular flexibility index (Phi) is 32.4. The van der Waals surface area contributed by atoms with Crippen molar-refractivity contribution in [3.8, 4) is 0 Å². The molecule has 2 rings (SSSR count). The Labute approximate surface area is 508 Å². The van der Waals surface area contributed by atoms with Crippen molar-refractivity contribution in [1.82, 2.24) is 58.5 Å². The zero-order valence-electron chi connectivity index (χ0n) is 51.8. The molecule has 1 fully saturated rings. The van der Waals surface area contributed by atoms with Crippen molar-refractivity contribution in [3.63, 3.8) is 0 Å². The summed E-state index contributed by atoms with van der Waals surface area (Å²) in [4.78, 5) is 169. The molecule has 87 heavy (non-hydrogen) atoms. The molecule has 0 aliphatic carbocycles. The highest BCUT2D eigenvalue weighted by atomic mass is 16.5. The lowest BCUT2D eigenvalue weighted by molar-refractivity contribution is -0.157. The molecule has 1 aliphatic heterocycles. The van der Waals surface area contributed by atoms with Gasteiger partial charge in [-0.2, -0.15) is 0 Å². The van der Waals surface area contributed by atoms with Gasteiger partial charge < -0.3 is 90.6 Å². The van der Waals surface area contributed by atoms with Gasteiger partial charge in [0, 0.05) is 13.0 Å². The molecule has 1 aromatic carbocycles. The number of nitrogens with one attached hydrogen (secondary N) is 11. The smallest absolute Gasteiger partial charge is 0.329 e. The van der Waals surface area contributed by atoms with Crippen LogP contribution in [0.25, 0.3) is 0 Å². The molecular formula is C57H95N15O15. The van der Waals surface area contributed by atoms with Crippen molar-refractivity contribution in [2.45, 2.75) is 193 Å². The third kappa shape index (κ3) is 24.0. The van der Waals surface area contributed by atoms with Gasteiger partial charge >= 0.3 is 5.97 Å². The lowest BCUT2D eigenvalue weighted by Crippen LogP contribution is -2.63. The lowest BCUT2D eigenvalue weighted by Gasteiger charge is -2.31. The van der Waals surface area contributed by atoms with E-state index in [-0.39, 0.29) is 31.8 Å². The Hall–Kier alpha value is -7.99. The number of hydrogen-bond donors (Lipinski definition) is 16. The Bertz CT molecular complexity index is 2540. The number of carbonyl (C=O) groups is 12. The number of rotatable bonds is 33. The van der Waals surface area contributed by atoms with Crippen molar-refractivity contribution in [3.05, 3.63) is 35.9 Å². The number of guanidine groups is 1. The average Bonchev–Trinajstić information content (AvgIpc) is 3.85. The van der Waals surface area contributed by atoms with Crippen LogP contribution in [0.2, 0.25) is 0 Å². The molecule has 1 saturated heterocycles. The summed E-state index contributed by atoms with van der Waals surface area (Å²) in [6.07, 6.45) is -0.899. The van der Waals surface area contributed by atoms with Crippen LogP contribution in [0.4, 0.5) is 0 Å². The molecule has 11 amide bonds. The minimum Gasteiger partial charge on any atom is -0.458 e. The van der Waals surface area contributed by atoms with Crippen LogP contribution in [0.15, 0.2) is 35.3 Å². The van der Waals surface area contributed by atoms with E-state index in [0.29, 0.717) is 19.3 Å². The second-order valence-electron chi connectivity index (χ2n) is 22.1. The summed E-state index contributed by atoms with van der Waals surface area (Å²) in [7, 11) is 1.59. The first-order chi connectivity index (χ1) is 41.0. The Balaban J connectivity index is 2.41. The van der Waals surface area contributed by atoms with Gasteiger partial charge in [-0.1, -0.05) is 111 Å². The number of amides is 11. The van der Waals surface area contributed by atoms with Gasteiger partial charge in [-0.15, -0.1) is 0 Å². The number of esters is 1. The number of nitrogens with two attached hydrogens (primary N) is 3. The number of likely N-dealkylation sites (N-methyl/N-ethyl adjacent to an activating group) is 1. The standard InChI is InChI=1S/C57H95N15O15/c1-12-28(5)41(69-49(79)37(61-11)25-34-19-17-16-18-20-34)52(82)66-38(26-73)50(80)65-35(21-22-40(58)75)47(77)68-43(30(7)14-3)54(84)70-42(29(6)13-2)53(83)67-39(27-74)51(81)72-45-33(10)87-56(86)44(31(8)15-4)71-48(78)36(23-24-62-57(59)60)64-46(76)32(9)63-55(45)85/h16-20,28-33,35-39,41-45,61,73-74H,12-15,21-27H2,1-11H3,(H2,58,75)(H,63,85)(H,64,76)(H,65,80)(H,66,82)(H,67,83)(H,68,77)(H,69,79)(H,70,84)(H,71,78)(H,72,81)(H4,59,60,62)/t28-,29-,30-,31-,32-,33-,35+,36-,37+,38-,39-,41-,42-,43+,44-,45+/m0/s1. The van der Waals surface area contributed by atoms with E-state index in [4.69, 9.17) is 21.9 Å². The number of benzene rings is 1. The van der Waals surface area contributed by atoms with Crippen LogP contribution in [0.1, 0.15) is 120 Å². The first kappa shape index (κ1) is 75.1. The highest BCUT2D eigenvalue weighted by Gasteiger charge is 2.41. The topological polar surface area (TPSA) is 477 Å². The third-order valence-corrected chi connectivity index (χ3v) is 15.5. The molecule has 0 unspecified atom stereocenters. The largest absolute Gasteiger partial charge is 0.458 e. The van der Waals surface area contributed by atoms with Crippen molar-refractivity contribution in [2.75, 3.05) is 26.8 Å². The van der Waals surface area contributed by atoms with E-state index in [1.54, 1.807) is 62.4 Å².